The molecule has 0 aliphatic carbocycles. The van der Waals surface area contributed by atoms with Crippen molar-refractivity contribution in [3.05, 3.63) is 93.9 Å². The van der Waals surface area contributed by atoms with Gasteiger partial charge in [-0.2, -0.15) is 0 Å². The zero-order chi connectivity index (χ0) is 25.5. The largest absolute Gasteiger partial charge is 0.492 e. The smallest absolute Gasteiger partial charge is 0.293 e. The molecule has 0 unspecified atom stereocenters. The number of nitrogens with one attached hydrogen (secondary N) is 1. The van der Waals surface area contributed by atoms with Crippen molar-refractivity contribution < 1.29 is 23.9 Å². The molecule has 0 radical (unpaired) electrons. The van der Waals surface area contributed by atoms with Crippen LogP contribution in [-0.4, -0.2) is 41.7 Å². The molecule has 0 saturated carbocycles. The first-order valence-corrected chi connectivity index (χ1v) is 12.3. The molecule has 36 heavy (non-hydrogen) atoms. The first-order chi connectivity index (χ1) is 17.4. The summed E-state index contributed by atoms with van der Waals surface area (Å²) in [7, 11) is 0. The van der Waals surface area contributed by atoms with Crippen molar-refractivity contribution in [1.82, 2.24) is 4.90 Å². The lowest BCUT2D eigenvalue weighted by Crippen LogP contribution is -2.32. The summed E-state index contributed by atoms with van der Waals surface area (Å²) in [6, 6.07) is 21.4. The lowest BCUT2D eigenvalue weighted by atomic mass is 10.2. The Balaban J connectivity index is 1.37. The number of rotatable bonds is 9. The van der Waals surface area contributed by atoms with Crippen LogP contribution in [0.3, 0.4) is 0 Å². The van der Waals surface area contributed by atoms with Crippen LogP contribution in [0.25, 0.3) is 6.08 Å². The summed E-state index contributed by atoms with van der Waals surface area (Å²) in [5.74, 6) is 0.296. The van der Waals surface area contributed by atoms with Gasteiger partial charge in [0, 0.05) is 5.56 Å². The van der Waals surface area contributed by atoms with E-state index in [2.05, 4.69) is 5.32 Å². The topological polar surface area (TPSA) is 84.9 Å². The molecule has 4 rings (SSSR count). The molecule has 1 heterocycles. The van der Waals surface area contributed by atoms with E-state index in [-0.39, 0.29) is 35.8 Å². The fourth-order valence-electron chi connectivity index (χ4n) is 3.35. The number of carbonyl (C=O) groups excluding carboxylic acids is 3. The molecular formula is C27H23ClN2O5S. The van der Waals surface area contributed by atoms with Crippen LogP contribution >= 0.6 is 23.4 Å². The average Bonchev–Trinajstić information content (AvgIpc) is 3.13. The van der Waals surface area contributed by atoms with Gasteiger partial charge in [-0.05, 0) is 55.1 Å². The number of carbonyl (C=O) groups is 3. The monoisotopic (exact) mass is 522 g/mol. The number of aryl methyl sites for hydroxylation is 1. The van der Waals surface area contributed by atoms with E-state index < -0.39 is 5.91 Å². The third-order valence-electron chi connectivity index (χ3n) is 5.19. The number of benzene rings is 3. The number of anilines is 1. The predicted molar refractivity (Wildman–Crippen MR) is 141 cm³/mol. The quantitative estimate of drug-likeness (QED) is 0.358. The third-order valence-corrected chi connectivity index (χ3v) is 6.43. The van der Waals surface area contributed by atoms with Crippen LogP contribution in [0.2, 0.25) is 5.02 Å². The molecule has 1 N–H and O–H groups in total. The number of hydrogen-bond donors (Lipinski definition) is 1. The number of nitrogens with zero attached hydrogens (tertiary/aromatic N) is 1. The number of ether oxygens (including phenoxy) is 2. The summed E-state index contributed by atoms with van der Waals surface area (Å²) in [6.45, 7) is 2.05. The second kappa shape index (κ2) is 11.8. The highest BCUT2D eigenvalue weighted by Crippen LogP contribution is 2.34. The van der Waals surface area contributed by atoms with Crippen LogP contribution < -0.4 is 14.8 Å². The Morgan fingerprint density at radius 2 is 1.72 bits per heavy atom. The summed E-state index contributed by atoms with van der Waals surface area (Å²) >= 11 is 6.93. The van der Waals surface area contributed by atoms with Gasteiger partial charge in [-0.3, -0.25) is 19.3 Å². The molecule has 7 nitrogen and oxygen atoms in total. The van der Waals surface area contributed by atoms with Gasteiger partial charge < -0.3 is 14.8 Å². The molecule has 1 aliphatic rings. The molecule has 0 bridgehead atoms. The number of hydrogen-bond acceptors (Lipinski definition) is 6. The standard InChI is InChI=1S/C27H23ClN2O5S/c1-18-10-12-20(13-11-18)34-15-14-30-26(32)24(36-27(30)33)16-19-6-2-5-9-23(19)35-17-25(31)29-22-8-4-3-7-21(22)28/h2-13,16H,14-15,17H2,1H3,(H,29,31)/b24-16-. The maximum absolute atomic E-state index is 12.9. The molecule has 3 amide bonds. The van der Waals surface area contributed by atoms with Crippen molar-refractivity contribution in [2.24, 2.45) is 0 Å². The lowest BCUT2D eigenvalue weighted by molar-refractivity contribution is -0.123. The minimum absolute atomic E-state index is 0.135. The van der Waals surface area contributed by atoms with Crippen molar-refractivity contribution in [3.63, 3.8) is 0 Å². The molecule has 0 atom stereocenters. The lowest BCUT2D eigenvalue weighted by Gasteiger charge is -2.13. The SMILES string of the molecule is Cc1ccc(OCCN2C(=O)S/C(=C\c3ccccc3OCC(=O)Nc3ccccc3Cl)C2=O)cc1. The summed E-state index contributed by atoms with van der Waals surface area (Å²) < 4.78 is 11.3. The minimum atomic E-state index is -0.399. The number of imide groups is 1. The fourth-order valence-corrected chi connectivity index (χ4v) is 4.39. The van der Waals surface area contributed by atoms with E-state index in [0.717, 1.165) is 22.2 Å². The molecule has 9 heteroatoms. The minimum Gasteiger partial charge on any atom is -0.492 e. The van der Waals surface area contributed by atoms with Gasteiger partial charge in [0.05, 0.1) is 22.2 Å². The van der Waals surface area contributed by atoms with Crippen LogP contribution in [0.5, 0.6) is 11.5 Å². The van der Waals surface area contributed by atoms with E-state index in [4.69, 9.17) is 21.1 Å². The zero-order valence-corrected chi connectivity index (χ0v) is 21.0. The van der Waals surface area contributed by atoms with Gasteiger partial charge in [-0.15, -0.1) is 0 Å². The number of halogens is 1. The summed E-state index contributed by atoms with van der Waals surface area (Å²) in [5.41, 5.74) is 2.18. The van der Waals surface area contributed by atoms with E-state index in [0.29, 0.717) is 27.8 Å². The van der Waals surface area contributed by atoms with E-state index >= 15 is 0 Å². The van der Waals surface area contributed by atoms with Crippen molar-refractivity contribution in [1.29, 1.82) is 0 Å². The molecule has 1 aliphatic heterocycles. The van der Waals surface area contributed by atoms with Gasteiger partial charge in [0.1, 0.15) is 18.1 Å². The Morgan fingerprint density at radius 3 is 2.50 bits per heavy atom. The number of thioether (sulfide) groups is 1. The first kappa shape index (κ1) is 25.3. The normalized spacial score (nSPS) is 14.3. The number of amides is 3. The van der Waals surface area contributed by atoms with Crippen molar-refractivity contribution in [2.45, 2.75) is 6.92 Å². The molecule has 1 saturated heterocycles. The molecular weight excluding hydrogens is 500 g/mol. The molecule has 1 fully saturated rings. The van der Waals surface area contributed by atoms with Gasteiger partial charge in [0.2, 0.25) is 0 Å². The van der Waals surface area contributed by atoms with Crippen molar-refractivity contribution in [3.8, 4) is 11.5 Å². The zero-order valence-electron chi connectivity index (χ0n) is 19.4. The van der Waals surface area contributed by atoms with Crippen LogP contribution in [0, 0.1) is 6.92 Å². The van der Waals surface area contributed by atoms with Gasteiger partial charge in [0.25, 0.3) is 17.1 Å². The fraction of sp³-hybridized carbons (Fsp3) is 0.148. The van der Waals surface area contributed by atoms with Crippen molar-refractivity contribution >= 4 is 52.2 Å². The maximum Gasteiger partial charge on any atom is 0.293 e. The van der Waals surface area contributed by atoms with E-state index in [9.17, 15) is 14.4 Å². The van der Waals surface area contributed by atoms with Gasteiger partial charge in [-0.1, -0.05) is 59.6 Å². The number of para-hydroxylation sites is 2. The first-order valence-electron chi connectivity index (χ1n) is 11.1. The Bertz CT molecular complexity index is 1310. The summed E-state index contributed by atoms with van der Waals surface area (Å²) in [6.07, 6.45) is 1.59. The highest BCUT2D eigenvalue weighted by molar-refractivity contribution is 8.18. The average molecular weight is 523 g/mol. The van der Waals surface area contributed by atoms with Gasteiger partial charge in [-0.25, -0.2) is 0 Å². The van der Waals surface area contributed by atoms with E-state index in [1.165, 1.54) is 0 Å². The summed E-state index contributed by atoms with van der Waals surface area (Å²) in [5, 5.41) is 2.75. The Hall–Kier alpha value is -3.75. The van der Waals surface area contributed by atoms with E-state index in [1.807, 2.05) is 31.2 Å². The van der Waals surface area contributed by atoms with Crippen LogP contribution in [0.4, 0.5) is 10.5 Å². The highest BCUT2D eigenvalue weighted by atomic mass is 35.5. The highest BCUT2D eigenvalue weighted by Gasteiger charge is 2.35. The Morgan fingerprint density at radius 1 is 1.00 bits per heavy atom. The molecule has 184 valence electrons. The van der Waals surface area contributed by atoms with Crippen LogP contribution in [0.15, 0.2) is 77.7 Å². The van der Waals surface area contributed by atoms with Gasteiger partial charge in [0.15, 0.2) is 6.61 Å². The van der Waals surface area contributed by atoms with Crippen LogP contribution in [-0.2, 0) is 9.59 Å². The second-order valence-corrected chi connectivity index (χ2v) is 9.25. The van der Waals surface area contributed by atoms with Crippen molar-refractivity contribution in [2.75, 3.05) is 25.1 Å². The molecule has 0 spiro atoms. The van der Waals surface area contributed by atoms with Gasteiger partial charge >= 0.3 is 0 Å². The van der Waals surface area contributed by atoms with Crippen LogP contribution in [0.1, 0.15) is 11.1 Å². The Labute approximate surface area is 218 Å². The molecule has 3 aromatic carbocycles. The maximum atomic E-state index is 12.9. The third kappa shape index (κ3) is 6.47. The molecule has 3 aromatic rings. The second-order valence-electron chi connectivity index (χ2n) is 7.85. The summed E-state index contributed by atoms with van der Waals surface area (Å²) in [4.78, 5) is 39.1. The Kier molecular flexibility index (Phi) is 8.30. The van der Waals surface area contributed by atoms with E-state index in [1.54, 1.807) is 54.6 Å². The predicted octanol–water partition coefficient (Wildman–Crippen LogP) is 5.78. The molecule has 0 aromatic heterocycles.